The molecule has 3 aromatic rings. The highest BCUT2D eigenvalue weighted by Crippen LogP contribution is 2.22. The molecular weight excluding hydrogens is 452 g/mol. The summed E-state index contributed by atoms with van der Waals surface area (Å²) >= 11 is 0. The van der Waals surface area contributed by atoms with Gasteiger partial charge in [-0.3, -0.25) is 19.0 Å². The molecule has 0 atom stereocenters. The number of carbonyl (C=O) groups excluding carboxylic acids is 1. The Labute approximate surface area is 200 Å². The van der Waals surface area contributed by atoms with Gasteiger partial charge in [-0.05, 0) is 57.0 Å². The van der Waals surface area contributed by atoms with Crippen LogP contribution in [0.4, 0.5) is 5.69 Å². The summed E-state index contributed by atoms with van der Waals surface area (Å²) in [6, 6.07) is 13.5. The van der Waals surface area contributed by atoms with Crippen molar-refractivity contribution in [2.24, 2.45) is 7.05 Å². The Kier molecular flexibility index (Phi) is 7.66. The van der Waals surface area contributed by atoms with Crippen LogP contribution in [0.2, 0.25) is 0 Å². The first-order chi connectivity index (χ1) is 16.1. The summed E-state index contributed by atoms with van der Waals surface area (Å²) in [5.41, 5.74) is 1.62. The molecule has 8 nitrogen and oxygen atoms in total. The van der Waals surface area contributed by atoms with Gasteiger partial charge < -0.3 is 4.90 Å². The van der Waals surface area contributed by atoms with Gasteiger partial charge in [-0.25, -0.2) is 13.1 Å². The van der Waals surface area contributed by atoms with Gasteiger partial charge in [-0.1, -0.05) is 37.6 Å². The number of rotatable bonds is 9. The maximum Gasteiger partial charge on any atom is 0.296 e. The van der Waals surface area contributed by atoms with E-state index in [0.29, 0.717) is 35.6 Å². The molecule has 0 spiro atoms. The minimum absolute atomic E-state index is 0.0297. The SMILES string of the molecule is CCCCN(CC)C(=O)c1cc(S(=O)(=O)Nc2c(C)n(C)n(-c3ccccc3)c2=O)ccc1C. The Morgan fingerprint density at radius 1 is 1.06 bits per heavy atom. The van der Waals surface area contributed by atoms with Crippen LogP contribution in [0.15, 0.2) is 58.2 Å². The van der Waals surface area contributed by atoms with Crippen LogP contribution in [0.5, 0.6) is 0 Å². The van der Waals surface area contributed by atoms with Crippen LogP contribution < -0.4 is 10.3 Å². The van der Waals surface area contributed by atoms with E-state index in [-0.39, 0.29) is 16.5 Å². The number of nitrogens with one attached hydrogen (secondary N) is 1. The summed E-state index contributed by atoms with van der Waals surface area (Å²) in [7, 11) is -2.42. The Hall–Kier alpha value is -3.33. The molecule has 0 bridgehead atoms. The number of amides is 1. The molecule has 0 radical (unpaired) electrons. The van der Waals surface area contributed by atoms with Gasteiger partial charge >= 0.3 is 0 Å². The van der Waals surface area contributed by atoms with Crippen molar-refractivity contribution < 1.29 is 13.2 Å². The van der Waals surface area contributed by atoms with Crippen LogP contribution in [-0.4, -0.2) is 41.7 Å². The Morgan fingerprint density at radius 3 is 2.35 bits per heavy atom. The number of para-hydroxylation sites is 1. The van der Waals surface area contributed by atoms with E-state index in [1.807, 2.05) is 13.0 Å². The second-order valence-electron chi connectivity index (χ2n) is 8.26. The third-order valence-electron chi connectivity index (χ3n) is 5.99. The third-order valence-corrected chi connectivity index (χ3v) is 7.34. The number of aryl methyl sites for hydroxylation is 1. The topological polar surface area (TPSA) is 93.4 Å². The first-order valence-corrected chi connectivity index (χ1v) is 12.9. The molecule has 34 heavy (non-hydrogen) atoms. The van der Waals surface area contributed by atoms with Gasteiger partial charge in [0.2, 0.25) is 0 Å². The van der Waals surface area contributed by atoms with Gasteiger partial charge in [0, 0.05) is 25.7 Å². The summed E-state index contributed by atoms with van der Waals surface area (Å²) in [4.78, 5) is 27.9. The summed E-state index contributed by atoms with van der Waals surface area (Å²) in [5, 5.41) is 0. The number of carbonyl (C=O) groups is 1. The molecule has 0 aliphatic heterocycles. The van der Waals surface area contributed by atoms with Gasteiger partial charge in [-0.2, -0.15) is 0 Å². The molecule has 2 aromatic carbocycles. The Balaban J connectivity index is 1.99. The van der Waals surface area contributed by atoms with Crippen molar-refractivity contribution in [3.8, 4) is 5.69 Å². The molecule has 0 saturated carbocycles. The average molecular weight is 485 g/mol. The zero-order valence-electron chi connectivity index (χ0n) is 20.3. The van der Waals surface area contributed by atoms with Crippen molar-refractivity contribution in [1.29, 1.82) is 0 Å². The van der Waals surface area contributed by atoms with E-state index in [1.165, 1.54) is 16.8 Å². The van der Waals surface area contributed by atoms with Crippen molar-refractivity contribution in [3.05, 3.63) is 75.7 Å². The van der Waals surface area contributed by atoms with Crippen LogP contribution in [0.25, 0.3) is 5.69 Å². The summed E-state index contributed by atoms with van der Waals surface area (Å²) < 4.78 is 32.0. The summed E-state index contributed by atoms with van der Waals surface area (Å²) in [6.07, 6.45) is 1.83. The molecule has 0 saturated heterocycles. The highest BCUT2D eigenvalue weighted by Gasteiger charge is 2.25. The molecule has 9 heteroatoms. The van der Waals surface area contributed by atoms with Gasteiger partial charge in [0.15, 0.2) is 0 Å². The Bertz CT molecular complexity index is 1340. The lowest BCUT2D eigenvalue weighted by Gasteiger charge is -2.22. The first kappa shape index (κ1) is 25.3. The van der Waals surface area contributed by atoms with Crippen molar-refractivity contribution in [3.63, 3.8) is 0 Å². The third kappa shape index (κ3) is 4.94. The second-order valence-corrected chi connectivity index (χ2v) is 9.94. The van der Waals surface area contributed by atoms with E-state index < -0.39 is 15.6 Å². The number of benzene rings is 2. The van der Waals surface area contributed by atoms with Crippen LogP contribution >= 0.6 is 0 Å². The number of aromatic nitrogens is 2. The predicted octanol–water partition coefficient (Wildman–Crippen LogP) is 3.86. The molecule has 182 valence electrons. The summed E-state index contributed by atoms with van der Waals surface area (Å²) in [5.74, 6) is -0.201. The van der Waals surface area contributed by atoms with Gasteiger partial charge in [0.05, 0.1) is 16.3 Å². The second kappa shape index (κ2) is 10.3. The van der Waals surface area contributed by atoms with E-state index in [1.54, 1.807) is 60.8 Å². The molecule has 0 aliphatic rings. The Morgan fingerprint density at radius 2 is 1.74 bits per heavy atom. The lowest BCUT2D eigenvalue weighted by molar-refractivity contribution is 0.0761. The number of hydrogen-bond donors (Lipinski definition) is 1. The molecule has 0 aliphatic carbocycles. The van der Waals surface area contributed by atoms with Crippen molar-refractivity contribution in [2.45, 2.75) is 45.4 Å². The van der Waals surface area contributed by atoms with E-state index in [9.17, 15) is 18.0 Å². The standard InChI is InChI=1S/C25H32N4O4S/c1-6-8-16-28(7-2)24(30)22-17-21(15-14-18(22)3)34(32,33)26-23-19(4)27(5)29(25(23)31)20-12-10-9-11-13-20/h9-15,17,26H,6-8,16H2,1-5H3. The zero-order chi connectivity index (χ0) is 25.0. The number of unbranched alkanes of at least 4 members (excludes halogenated alkanes) is 1. The quantitative estimate of drug-likeness (QED) is 0.499. The van der Waals surface area contributed by atoms with Crippen molar-refractivity contribution in [1.82, 2.24) is 14.3 Å². The molecule has 1 N–H and O–H groups in total. The fraction of sp³-hybridized carbons (Fsp3) is 0.360. The van der Waals surface area contributed by atoms with Crippen LogP contribution in [-0.2, 0) is 17.1 Å². The molecule has 1 aromatic heterocycles. The lowest BCUT2D eigenvalue weighted by Crippen LogP contribution is -2.32. The molecular formula is C25H32N4O4S. The van der Waals surface area contributed by atoms with Crippen molar-refractivity contribution >= 4 is 21.6 Å². The predicted molar refractivity (Wildman–Crippen MR) is 134 cm³/mol. The molecule has 3 rings (SSSR count). The molecule has 0 unspecified atom stereocenters. The van der Waals surface area contributed by atoms with Crippen molar-refractivity contribution in [2.75, 3.05) is 17.8 Å². The largest absolute Gasteiger partial charge is 0.339 e. The minimum atomic E-state index is -4.11. The normalized spacial score (nSPS) is 11.4. The number of hydrogen-bond acceptors (Lipinski definition) is 4. The maximum absolute atomic E-state index is 13.3. The number of nitrogens with zero attached hydrogens (tertiary/aromatic N) is 3. The van der Waals surface area contributed by atoms with E-state index in [2.05, 4.69) is 11.6 Å². The van der Waals surface area contributed by atoms with Gasteiger partial charge in [0.25, 0.3) is 21.5 Å². The van der Waals surface area contributed by atoms with E-state index >= 15 is 0 Å². The number of sulfonamides is 1. The van der Waals surface area contributed by atoms with E-state index in [0.717, 1.165) is 12.8 Å². The average Bonchev–Trinajstić information content (AvgIpc) is 3.02. The highest BCUT2D eigenvalue weighted by atomic mass is 32.2. The highest BCUT2D eigenvalue weighted by molar-refractivity contribution is 7.92. The fourth-order valence-corrected chi connectivity index (χ4v) is 4.94. The summed E-state index contributed by atoms with van der Waals surface area (Å²) in [6.45, 7) is 8.57. The van der Waals surface area contributed by atoms with E-state index in [4.69, 9.17) is 0 Å². The first-order valence-electron chi connectivity index (χ1n) is 11.4. The smallest absolute Gasteiger partial charge is 0.296 e. The minimum Gasteiger partial charge on any atom is -0.339 e. The van der Waals surface area contributed by atoms with Crippen LogP contribution in [0.1, 0.15) is 48.3 Å². The monoisotopic (exact) mass is 484 g/mol. The van der Waals surface area contributed by atoms with Crippen LogP contribution in [0.3, 0.4) is 0 Å². The molecule has 1 heterocycles. The molecule has 1 amide bonds. The zero-order valence-corrected chi connectivity index (χ0v) is 21.1. The lowest BCUT2D eigenvalue weighted by atomic mass is 10.1. The molecule has 0 fully saturated rings. The number of anilines is 1. The maximum atomic E-state index is 13.3. The fourth-order valence-electron chi connectivity index (χ4n) is 3.80. The van der Waals surface area contributed by atoms with Gasteiger partial charge in [0.1, 0.15) is 5.69 Å². The van der Waals surface area contributed by atoms with Crippen LogP contribution in [0, 0.1) is 13.8 Å². The van der Waals surface area contributed by atoms with Gasteiger partial charge in [-0.15, -0.1) is 0 Å².